The van der Waals surface area contributed by atoms with Crippen LogP contribution in [0.4, 0.5) is 0 Å². The summed E-state index contributed by atoms with van der Waals surface area (Å²) in [6.07, 6.45) is 3.90. The van der Waals surface area contributed by atoms with Crippen LogP contribution in [-0.4, -0.2) is 304 Å². The number of aliphatic hydroxyl groups excluding tert-OH is 2. The van der Waals surface area contributed by atoms with E-state index in [0.717, 1.165) is 36.3 Å². The third-order valence-corrected chi connectivity index (χ3v) is 24.8. The van der Waals surface area contributed by atoms with Crippen molar-refractivity contribution in [2.24, 2.45) is 23.3 Å². The predicted octanol–water partition coefficient (Wildman–Crippen LogP) is -1.08. The van der Waals surface area contributed by atoms with Crippen molar-refractivity contribution in [1.82, 2.24) is 92.3 Å². The lowest BCUT2D eigenvalue weighted by Gasteiger charge is -2.36. The second-order valence-corrected chi connectivity index (χ2v) is 35.0. The molecule has 40 nitrogen and oxygen atoms in total. The number of H-pyrrole nitrogens is 3. The van der Waals surface area contributed by atoms with Gasteiger partial charge in [0, 0.05) is 124 Å². The molecular weight excluding hydrogens is 1700 g/mol. The number of Topliss-reactive ketones (excluding diaryl/α,β-unsaturated/α-hetero) is 1. The van der Waals surface area contributed by atoms with E-state index in [1.54, 1.807) is 74.8 Å². The number of unbranched alkanes of at least 4 members (excludes halogenated alkanes) is 2. The minimum Gasteiger partial charge on any atom is -0.508 e. The number of aromatic hydroxyl groups is 1. The highest BCUT2D eigenvalue weighted by atomic mass is 32.2. The molecule has 6 heterocycles. The highest BCUT2D eigenvalue weighted by Gasteiger charge is 2.47. The smallest absolute Gasteiger partial charge is 0.246 e. The maximum atomic E-state index is 15.6. The SMILES string of the molecule is CCCC[C@H]1C(=O)N(C)[C@@H](CCCC)C(=O)N[C@@H](C)C(=O)N[C@H](C(=O)NCC(N)=O)CSCC(=O)N[C@@H](Cc2ccc(O)cc2)C(=O)N(C)[C@@H](C)C(=O)N[C@@H](CC(N)=O)C(=O)N2CCC[C@H]2C(=O)N[C@@H](Cc2cnc[nH]2)C(=O)N[C@@H](CC(C)C)C(=O)N2C[C@H](O)C[C@H]2C(=O)C[C@@H](Cc2c[nH]c3ccccc23)C(=O)N[C@@H](CO)C(=O)N[C@@H](Cc2c[nH]c3ccccc23)C(=O)N1C. The maximum absolute atomic E-state index is 15.6. The van der Waals surface area contributed by atoms with Gasteiger partial charge in [-0.25, -0.2) is 4.98 Å². The average molecular weight is 1820 g/mol. The van der Waals surface area contributed by atoms with Crippen molar-refractivity contribution >= 4 is 134 Å². The van der Waals surface area contributed by atoms with Crippen LogP contribution in [0.5, 0.6) is 5.75 Å². The Labute approximate surface area is 756 Å². The van der Waals surface area contributed by atoms with Crippen molar-refractivity contribution in [1.29, 1.82) is 0 Å². The lowest BCUT2D eigenvalue weighted by molar-refractivity contribution is -0.149. The third kappa shape index (κ3) is 27.2. The largest absolute Gasteiger partial charge is 0.508 e. The van der Waals surface area contributed by atoms with Crippen LogP contribution in [0, 0.1) is 11.8 Å². The van der Waals surface area contributed by atoms with Gasteiger partial charge in [-0.05, 0) is 99.2 Å². The van der Waals surface area contributed by atoms with Gasteiger partial charge in [-0.1, -0.05) is 102 Å². The van der Waals surface area contributed by atoms with Gasteiger partial charge in [0.25, 0.3) is 0 Å². The predicted molar refractivity (Wildman–Crippen MR) is 477 cm³/mol. The molecular formula is C89H122N20O20S. The molecule has 0 bridgehead atoms. The Morgan fingerprint density at radius 3 is 1.77 bits per heavy atom. The highest BCUT2D eigenvalue weighted by Crippen LogP contribution is 2.30. The molecule has 704 valence electrons. The molecule has 3 saturated heterocycles. The highest BCUT2D eigenvalue weighted by molar-refractivity contribution is 8.00. The van der Waals surface area contributed by atoms with E-state index in [1.807, 2.05) is 13.8 Å². The van der Waals surface area contributed by atoms with Crippen LogP contribution in [0.1, 0.15) is 141 Å². The Morgan fingerprint density at radius 1 is 0.577 bits per heavy atom. The number of amides is 16. The van der Waals surface area contributed by atoms with Gasteiger partial charge >= 0.3 is 0 Å². The summed E-state index contributed by atoms with van der Waals surface area (Å²) >= 11 is 0.785. The zero-order valence-corrected chi connectivity index (χ0v) is 75.4. The van der Waals surface area contributed by atoms with Gasteiger partial charge in [0.2, 0.25) is 94.5 Å². The number of fused-ring (bicyclic) bond motifs is 4. The molecule has 130 heavy (non-hydrogen) atoms. The number of primary amides is 2. The van der Waals surface area contributed by atoms with E-state index in [4.69, 9.17) is 11.5 Å². The number of nitrogens with zero attached hydrogens (tertiary/aromatic N) is 6. The summed E-state index contributed by atoms with van der Waals surface area (Å²) in [6, 6.07) is 0.247. The van der Waals surface area contributed by atoms with Crippen LogP contribution in [0.2, 0.25) is 0 Å². The van der Waals surface area contributed by atoms with Crippen LogP contribution >= 0.6 is 11.8 Å². The number of ketones is 1. The number of rotatable bonds is 22. The lowest BCUT2D eigenvalue weighted by atomic mass is 9.90. The molecule has 41 heteroatoms. The number of carbonyl (C=O) groups is 17. The summed E-state index contributed by atoms with van der Waals surface area (Å²) < 4.78 is 0. The van der Waals surface area contributed by atoms with E-state index in [1.165, 1.54) is 71.8 Å². The number of aliphatic hydroxyl groups is 2. The van der Waals surface area contributed by atoms with E-state index in [2.05, 4.69) is 67.8 Å². The monoisotopic (exact) mass is 1820 g/mol. The average Bonchev–Trinajstić information content (AvgIpc) is 1.63. The zero-order valence-electron chi connectivity index (χ0n) is 74.6. The summed E-state index contributed by atoms with van der Waals surface area (Å²) in [5.41, 5.74) is 14.2. The molecule has 3 aromatic heterocycles. The van der Waals surface area contributed by atoms with Gasteiger partial charge in [-0.3, -0.25) is 81.5 Å². The van der Waals surface area contributed by atoms with Crippen molar-refractivity contribution in [2.45, 2.75) is 229 Å². The molecule has 3 fully saturated rings. The Bertz CT molecular complexity index is 5040. The van der Waals surface area contributed by atoms with Crippen molar-refractivity contribution in [2.75, 3.05) is 58.9 Å². The number of para-hydroxylation sites is 2. The third-order valence-electron chi connectivity index (χ3n) is 23.8. The normalized spacial score (nSPS) is 25.4. The molecule has 3 aliphatic rings. The van der Waals surface area contributed by atoms with Crippen molar-refractivity contribution < 1.29 is 96.8 Å². The zero-order chi connectivity index (χ0) is 94.9. The summed E-state index contributed by atoms with van der Waals surface area (Å²) in [4.78, 5) is 267. The fraction of sp³-hybridized carbons (Fsp3) is 0.528. The number of nitrogens with two attached hydrogens (primary N) is 2. The van der Waals surface area contributed by atoms with Gasteiger partial charge in [0.15, 0.2) is 5.78 Å². The first-order chi connectivity index (χ1) is 61.9. The fourth-order valence-corrected chi connectivity index (χ4v) is 17.3. The maximum Gasteiger partial charge on any atom is 0.246 e. The molecule has 0 aliphatic carbocycles. The number of phenols is 1. The van der Waals surface area contributed by atoms with Crippen LogP contribution in [0.3, 0.4) is 0 Å². The van der Waals surface area contributed by atoms with Gasteiger partial charge in [-0.2, -0.15) is 0 Å². The number of aromatic nitrogens is 4. The molecule has 15 atom stereocenters. The van der Waals surface area contributed by atoms with Crippen LogP contribution < -0.4 is 59.3 Å². The molecule has 3 aliphatic heterocycles. The van der Waals surface area contributed by atoms with E-state index < -0.39 is 235 Å². The Hall–Kier alpha value is -12.8. The molecule has 3 aromatic carbocycles. The number of carbonyl (C=O) groups excluding carboxylic acids is 17. The number of benzene rings is 3. The number of thioether (sulfide) groups is 1. The van der Waals surface area contributed by atoms with E-state index >= 15 is 33.6 Å². The Morgan fingerprint density at radius 2 is 1.15 bits per heavy atom. The number of phenolic OH excluding ortho intramolecular Hbond substituents is 1. The number of hydrogen-bond donors (Lipinski definition) is 17. The molecule has 0 unspecified atom stereocenters. The second kappa shape index (κ2) is 47.5. The molecule has 0 radical (unpaired) electrons. The number of nitrogens with one attached hydrogen (secondary N) is 12. The van der Waals surface area contributed by atoms with Crippen molar-refractivity contribution in [3.05, 3.63) is 120 Å². The van der Waals surface area contributed by atoms with Gasteiger partial charge in [-0.15, -0.1) is 11.8 Å². The van der Waals surface area contributed by atoms with Crippen LogP contribution in [0.25, 0.3) is 21.8 Å². The minimum atomic E-state index is -1.83. The van der Waals surface area contributed by atoms with Crippen LogP contribution in [0.15, 0.2) is 97.7 Å². The van der Waals surface area contributed by atoms with Gasteiger partial charge in [0.05, 0.1) is 43.8 Å². The quantitative estimate of drug-likeness (QED) is 0.0384. The van der Waals surface area contributed by atoms with E-state index in [-0.39, 0.29) is 82.4 Å². The minimum absolute atomic E-state index is 0.00396. The van der Waals surface area contributed by atoms with E-state index in [0.29, 0.717) is 69.9 Å². The summed E-state index contributed by atoms with van der Waals surface area (Å²) in [5, 5.41) is 57.8. The first-order valence-electron chi connectivity index (χ1n) is 43.8. The number of imidazole rings is 1. The fourth-order valence-electron chi connectivity index (χ4n) is 16.4. The lowest BCUT2D eigenvalue weighted by Crippen LogP contribution is -2.60. The van der Waals surface area contributed by atoms with Crippen LogP contribution in [-0.2, 0) is 107 Å². The van der Waals surface area contributed by atoms with Crippen molar-refractivity contribution in [3.8, 4) is 5.75 Å². The summed E-state index contributed by atoms with van der Waals surface area (Å²) in [5.74, 6) is -18.1. The first kappa shape index (κ1) is 101. The van der Waals surface area contributed by atoms with E-state index in [9.17, 15) is 63.3 Å². The molecule has 6 aromatic rings. The van der Waals surface area contributed by atoms with Gasteiger partial charge < -0.3 is 114 Å². The molecule has 0 saturated carbocycles. The Balaban J connectivity index is 1.08. The molecule has 0 spiro atoms. The second-order valence-electron chi connectivity index (χ2n) is 34.0. The van der Waals surface area contributed by atoms with Gasteiger partial charge in [0.1, 0.15) is 78.3 Å². The molecule has 16 amide bonds. The molecule has 19 N–H and O–H groups in total. The summed E-state index contributed by atoms with van der Waals surface area (Å²) in [7, 11) is 3.95. The molecule has 9 rings (SSSR count). The van der Waals surface area contributed by atoms with Crippen molar-refractivity contribution in [3.63, 3.8) is 0 Å². The first-order valence-corrected chi connectivity index (χ1v) is 45.0. The standard InChI is InChI=1S/C89H122N20O20S/c1-10-12-23-69-83(123)97-49(5)77(117)104-68(80(120)95-42-75(91)115)45-130-46-76(116)98-64(32-51-26-28-56(111)29-27-51)85(125)105(7)50(6)78(118)100-66(38-74(90)114)87(127)108-30-18-25-70(108)84(124)99-62(36-55-41-92-47-96-55)81(121)101-63(31-48(3)4)88(128)109-43-57(112)37-72(109)73(113)35-52(33-53-39-93-60-21-16-14-19-58(53)60)79(119)103-67(44-110)82(122)102-65(34-54-40-94-61-22-17-15-20-59(54)61)86(126)107(9)71(24-13-11-2)89(129)106(69)8/h14-17,19-22,26-29,39-41,47-50,52,57,62-72,93-94,110-112H,10-13,18,23-25,30-38,42-46H2,1-9H3,(H2,90,114)(H2,91,115)(H,92,96)(H,95,120)(H,97,123)(H,98,116)(H,99,124)(H,100,118)(H,101,121)(H,102,122)(H,103,119)(H,104,117)/t49-,50-,52+,57+,62-,63-,64-,65-,66-,67-,68-,69-,70-,71-,72-/m0/s1. The Kier molecular flexibility index (Phi) is 36.9. The topological polar surface area (TPSA) is 588 Å². The number of likely N-dealkylation sites (N-methyl/N-ethyl adjacent to an activating group) is 3. The summed E-state index contributed by atoms with van der Waals surface area (Å²) in [6.45, 7) is 7.53. The number of aromatic amines is 3. The number of hydrogen-bond acceptors (Lipinski definition) is 22.